The number of halogens is 3. The number of nitrogens with zero attached hydrogens (tertiary/aromatic N) is 1. The molecule has 1 heterocycles. The maximum atomic E-state index is 12.0. The van der Waals surface area contributed by atoms with E-state index in [4.69, 9.17) is 10.2 Å². The summed E-state index contributed by atoms with van der Waals surface area (Å²) in [6, 6.07) is 0. The first-order valence-corrected chi connectivity index (χ1v) is 4.01. The quantitative estimate of drug-likeness (QED) is 0.688. The number of thiazole rings is 1. The van der Waals surface area contributed by atoms with Crippen LogP contribution >= 0.6 is 11.3 Å². The van der Waals surface area contributed by atoms with Gasteiger partial charge in [-0.25, -0.2) is 4.98 Å². The van der Waals surface area contributed by atoms with Crippen LogP contribution in [0.2, 0.25) is 0 Å². The van der Waals surface area contributed by atoms with Crippen molar-refractivity contribution in [2.24, 2.45) is 0 Å². The molecule has 1 rings (SSSR count). The van der Waals surface area contributed by atoms with Gasteiger partial charge in [0.2, 0.25) is 0 Å². The van der Waals surface area contributed by atoms with Crippen molar-refractivity contribution in [2.45, 2.75) is 18.9 Å². The van der Waals surface area contributed by atoms with Gasteiger partial charge in [-0.1, -0.05) is 0 Å². The number of hydrogen-bond donors (Lipinski definition) is 2. The van der Waals surface area contributed by atoms with Crippen LogP contribution in [0.15, 0.2) is 6.20 Å². The molecule has 0 atom stereocenters. The molecule has 0 aliphatic rings. The van der Waals surface area contributed by atoms with Gasteiger partial charge in [0.15, 0.2) is 0 Å². The summed E-state index contributed by atoms with van der Waals surface area (Å²) in [4.78, 5) is 2.87. The first-order chi connectivity index (χ1) is 5.75. The zero-order valence-electron chi connectivity index (χ0n) is 6.46. The molecule has 0 bridgehead atoms. The van der Waals surface area contributed by atoms with Gasteiger partial charge in [-0.05, 0) is 6.92 Å². The first kappa shape index (κ1) is 10.4. The third-order valence-corrected chi connectivity index (χ3v) is 2.37. The van der Waals surface area contributed by atoms with Gasteiger partial charge in [0.1, 0.15) is 0 Å². The lowest BCUT2D eigenvalue weighted by molar-refractivity contribution is -0.356. The minimum atomic E-state index is -5.11. The molecule has 13 heavy (non-hydrogen) atoms. The lowest BCUT2D eigenvalue weighted by Crippen LogP contribution is -2.41. The van der Waals surface area contributed by atoms with Crippen LogP contribution in [0.4, 0.5) is 13.2 Å². The molecule has 0 aliphatic heterocycles. The Labute approximate surface area is 75.5 Å². The molecule has 1 aromatic rings. The lowest BCUT2D eigenvalue weighted by atomic mass is 10.2. The van der Waals surface area contributed by atoms with E-state index in [1.54, 1.807) is 0 Å². The van der Waals surface area contributed by atoms with Gasteiger partial charge < -0.3 is 10.2 Å². The van der Waals surface area contributed by atoms with Gasteiger partial charge in [-0.2, -0.15) is 13.2 Å². The van der Waals surface area contributed by atoms with Crippen LogP contribution in [0.25, 0.3) is 0 Å². The summed E-state index contributed by atoms with van der Waals surface area (Å²) in [5, 5.41) is 17.8. The molecule has 2 N–H and O–H groups in total. The summed E-state index contributed by atoms with van der Waals surface area (Å²) in [6.45, 7) is 1.47. The van der Waals surface area contributed by atoms with E-state index in [0.29, 0.717) is 16.3 Å². The number of rotatable bonds is 1. The van der Waals surface area contributed by atoms with E-state index in [0.717, 1.165) is 6.20 Å². The van der Waals surface area contributed by atoms with Gasteiger partial charge in [0.05, 0.1) is 9.88 Å². The predicted octanol–water partition coefficient (Wildman–Crippen LogP) is 1.15. The van der Waals surface area contributed by atoms with Crippen molar-refractivity contribution < 1.29 is 23.4 Å². The average molecular weight is 213 g/mol. The van der Waals surface area contributed by atoms with Crippen molar-refractivity contribution >= 4 is 11.3 Å². The lowest BCUT2D eigenvalue weighted by Gasteiger charge is -2.22. The van der Waals surface area contributed by atoms with Crippen molar-refractivity contribution in [3.8, 4) is 0 Å². The second-order valence-electron chi connectivity index (χ2n) is 2.41. The van der Waals surface area contributed by atoms with Gasteiger partial charge in [-0.15, -0.1) is 11.3 Å². The number of hydrogen-bond acceptors (Lipinski definition) is 4. The monoisotopic (exact) mass is 213 g/mol. The molecule has 3 nitrogen and oxygen atoms in total. The maximum absolute atomic E-state index is 12.0. The van der Waals surface area contributed by atoms with E-state index in [2.05, 4.69) is 4.98 Å². The van der Waals surface area contributed by atoms with Gasteiger partial charge in [0.25, 0.3) is 0 Å². The van der Waals surface area contributed by atoms with Gasteiger partial charge in [0, 0.05) is 6.20 Å². The molecule has 74 valence electrons. The smallest absolute Gasteiger partial charge is 0.354 e. The summed E-state index contributed by atoms with van der Waals surface area (Å²) in [5.74, 6) is -3.79. The summed E-state index contributed by atoms with van der Waals surface area (Å²) in [6.07, 6.45) is -4.31. The molecule has 0 unspecified atom stereocenters. The third-order valence-electron chi connectivity index (χ3n) is 1.36. The van der Waals surface area contributed by atoms with Gasteiger partial charge in [-0.3, -0.25) is 0 Å². The van der Waals surface area contributed by atoms with E-state index in [9.17, 15) is 13.2 Å². The number of aliphatic hydroxyl groups is 2. The second kappa shape index (κ2) is 2.93. The topological polar surface area (TPSA) is 53.4 Å². The fraction of sp³-hybridized carbons (Fsp3) is 0.500. The van der Waals surface area contributed by atoms with E-state index in [1.807, 2.05) is 0 Å². The molecule has 1 aromatic heterocycles. The minimum Gasteiger partial charge on any atom is -0.354 e. The van der Waals surface area contributed by atoms with Crippen molar-refractivity contribution in [3.05, 3.63) is 16.1 Å². The molecule has 7 heteroatoms. The Morgan fingerprint density at radius 2 is 1.92 bits per heavy atom. The fourth-order valence-corrected chi connectivity index (χ4v) is 1.45. The SMILES string of the molecule is Cc1ncc(C(O)(O)C(F)(F)F)s1. The third kappa shape index (κ3) is 1.82. The number of alkyl halides is 3. The molecule has 0 aromatic carbocycles. The minimum absolute atomic E-state index is 0.340. The molecule has 0 aliphatic carbocycles. The zero-order chi connectivity index (χ0) is 10.3. The molecule has 0 saturated carbocycles. The molecule has 0 radical (unpaired) electrons. The standard InChI is InChI=1S/C6H6F3NO2S/c1-3-10-2-4(13-3)5(11,12)6(7,8)9/h2,11-12H,1H3. The molecular weight excluding hydrogens is 207 g/mol. The van der Waals surface area contributed by atoms with E-state index >= 15 is 0 Å². The average Bonchev–Trinajstić information content (AvgIpc) is 2.33. The summed E-state index contributed by atoms with van der Waals surface area (Å²) >= 11 is 0.590. The van der Waals surface area contributed by atoms with Crippen molar-refractivity contribution in [1.82, 2.24) is 4.98 Å². The van der Waals surface area contributed by atoms with E-state index in [-0.39, 0.29) is 0 Å². The van der Waals surface area contributed by atoms with Crippen LogP contribution in [-0.2, 0) is 5.79 Å². The Morgan fingerprint density at radius 1 is 1.38 bits per heavy atom. The van der Waals surface area contributed by atoms with Crippen LogP contribution in [0.1, 0.15) is 9.88 Å². The number of aromatic nitrogens is 1. The maximum Gasteiger partial charge on any atom is 0.448 e. The molecule has 0 amide bonds. The van der Waals surface area contributed by atoms with Crippen LogP contribution in [0, 0.1) is 6.92 Å². The largest absolute Gasteiger partial charge is 0.448 e. The Balaban J connectivity index is 3.07. The van der Waals surface area contributed by atoms with Crippen LogP contribution in [-0.4, -0.2) is 21.4 Å². The number of aryl methyl sites for hydroxylation is 1. The molecule has 0 spiro atoms. The fourth-order valence-electron chi connectivity index (χ4n) is 0.662. The molecule has 0 saturated heterocycles. The van der Waals surface area contributed by atoms with Gasteiger partial charge >= 0.3 is 12.0 Å². The highest BCUT2D eigenvalue weighted by Crippen LogP contribution is 2.38. The Morgan fingerprint density at radius 3 is 2.23 bits per heavy atom. The molecule has 0 fully saturated rings. The predicted molar refractivity (Wildman–Crippen MR) is 39.0 cm³/mol. The Kier molecular flexibility index (Phi) is 2.35. The highest BCUT2D eigenvalue weighted by Gasteiger charge is 2.55. The van der Waals surface area contributed by atoms with Crippen molar-refractivity contribution in [2.75, 3.05) is 0 Å². The molecular formula is C6H6F3NO2S. The van der Waals surface area contributed by atoms with Crippen molar-refractivity contribution in [3.63, 3.8) is 0 Å². The summed E-state index contributed by atoms with van der Waals surface area (Å²) in [5.41, 5.74) is 0. The summed E-state index contributed by atoms with van der Waals surface area (Å²) in [7, 11) is 0. The van der Waals surface area contributed by atoms with E-state index in [1.165, 1.54) is 6.92 Å². The van der Waals surface area contributed by atoms with Crippen molar-refractivity contribution in [1.29, 1.82) is 0 Å². The zero-order valence-corrected chi connectivity index (χ0v) is 7.28. The van der Waals surface area contributed by atoms with Crippen LogP contribution in [0.3, 0.4) is 0 Å². The normalized spacial score (nSPS) is 13.4. The first-order valence-electron chi connectivity index (χ1n) is 3.19. The second-order valence-corrected chi connectivity index (χ2v) is 3.65. The van der Waals surface area contributed by atoms with E-state index < -0.39 is 16.8 Å². The Bertz CT molecular complexity index is 307. The Hall–Kier alpha value is -0.660. The summed E-state index contributed by atoms with van der Waals surface area (Å²) < 4.78 is 36.0. The highest BCUT2D eigenvalue weighted by atomic mass is 32.1. The van der Waals surface area contributed by atoms with Crippen LogP contribution < -0.4 is 0 Å². The van der Waals surface area contributed by atoms with Crippen LogP contribution in [0.5, 0.6) is 0 Å². The highest BCUT2D eigenvalue weighted by molar-refractivity contribution is 7.11.